The fourth-order valence-corrected chi connectivity index (χ4v) is 3.68. The van der Waals surface area contributed by atoms with E-state index in [0.29, 0.717) is 26.3 Å². The normalized spacial score (nSPS) is 25.9. The lowest BCUT2D eigenvalue weighted by Crippen LogP contribution is -2.67. The Balaban J connectivity index is 1.43. The van der Waals surface area contributed by atoms with Crippen LogP contribution in [-0.4, -0.2) is 49.3 Å². The second kappa shape index (κ2) is 5.33. The topological polar surface area (TPSA) is 48.0 Å². The van der Waals surface area contributed by atoms with E-state index >= 15 is 0 Å². The number of hydrogen-bond acceptors (Lipinski definition) is 4. The molecule has 2 fully saturated rings. The fraction of sp³-hybridized carbons (Fsp3) is 0.588. The first-order chi connectivity index (χ1) is 10.7. The molecule has 22 heavy (non-hydrogen) atoms. The Hall–Kier alpha value is -1.43. The summed E-state index contributed by atoms with van der Waals surface area (Å²) in [5.41, 5.74) is 2.89. The number of nitrogens with zero attached hydrogens (tertiary/aromatic N) is 1. The highest BCUT2D eigenvalue weighted by Gasteiger charge is 2.49. The summed E-state index contributed by atoms with van der Waals surface area (Å²) in [7, 11) is 1.75. The predicted molar refractivity (Wildman–Crippen MR) is 79.6 cm³/mol. The Morgan fingerprint density at radius 2 is 2.14 bits per heavy atom. The van der Waals surface area contributed by atoms with Crippen LogP contribution in [0.25, 0.3) is 0 Å². The number of rotatable bonds is 2. The van der Waals surface area contributed by atoms with Crippen molar-refractivity contribution in [1.82, 2.24) is 4.90 Å². The van der Waals surface area contributed by atoms with Crippen molar-refractivity contribution in [2.24, 2.45) is 0 Å². The zero-order chi connectivity index (χ0) is 15.2. The lowest BCUT2D eigenvalue weighted by Gasteiger charge is -2.52. The fourth-order valence-electron chi connectivity index (χ4n) is 3.68. The first-order valence-electron chi connectivity index (χ1n) is 7.85. The van der Waals surface area contributed by atoms with E-state index in [1.807, 2.05) is 23.1 Å². The van der Waals surface area contributed by atoms with Gasteiger partial charge in [-0.05, 0) is 29.7 Å². The van der Waals surface area contributed by atoms with Gasteiger partial charge in [0.15, 0.2) is 0 Å². The van der Waals surface area contributed by atoms with Crippen LogP contribution in [0.2, 0.25) is 0 Å². The number of methoxy groups -OCH3 is 1. The Bertz CT molecular complexity index is 594. The third-order valence-corrected chi connectivity index (χ3v) is 4.99. The lowest BCUT2D eigenvalue weighted by molar-refractivity contribution is -0.181. The van der Waals surface area contributed by atoms with Gasteiger partial charge in [0.05, 0.1) is 32.4 Å². The van der Waals surface area contributed by atoms with Crippen LogP contribution in [0, 0.1) is 0 Å². The first kappa shape index (κ1) is 14.2. The van der Waals surface area contributed by atoms with E-state index in [2.05, 4.69) is 0 Å². The highest BCUT2D eigenvalue weighted by molar-refractivity contribution is 5.95. The van der Waals surface area contributed by atoms with Gasteiger partial charge >= 0.3 is 0 Å². The summed E-state index contributed by atoms with van der Waals surface area (Å²) in [6.07, 6.45) is 2.07. The Morgan fingerprint density at radius 1 is 1.32 bits per heavy atom. The average molecular weight is 303 g/mol. The molecule has 0 aromatic heterocycles. The number of likely N-dealkylation sites (tertiary alicyclic amines) is 1. The molecule has 0 N–H and O–H groups in total. The van der Waals surface area contributed by atoms with Crippen LogP contribution >= 0.6 is 0 Å². The van der Waals surface area contributed by atoms with Crippen molar-refractivity contribution in [1.29, 1.82) is 0 Å². The van der Waals surface area contributed by atoms with E-state index in [-0.39, 0.29) is 17.6 Å². The minimum Gasteiger partial charge on any atom is -0.381 e. The molecule has 0 bridgehead atoms. The van der Waals surface area contributed by atoms with Gasteiger partial charge in [0.1, 0.15) is 5.60 Å². The summed E-state index contributed by atoms with van der Waals surface area (Å²) in [6, 6.07) is 5.87. The predicted octanol–water partition coefficient (Wildman–Crippen LogP) is 1.74. The molecule has 1 aromatic rings. The summed E-state index contributed by atoms with van der Waals surface area (Å²) < 4.78 is 16.8. The van der Waals surface area contributed by atoms with Crippen molar-refractivity contribution in [2.75, 3.05) is 26.8 Å². The molecule has 1 aromatic carbocycles. The maximum Gasteiger partial charge on any atom is 0.254 e. The third kappa shape index (κ3) is 2.33. The van der Waals surface area contributed by atoms with E-state index < -0.39 is 0 Å². The molecule has 3 aliphatic heterocycles. The van der Waals surface area contributed by atoms with E-state index in [4.69, 9.17) is 14.2 Å². The average Bonchev–Trinajstić information content (AvgIpc) is 2.99. The van der Waals surface area contributed by atoms with Crippen molar-refractivity contribution >= 4 is 5.91 Å². The van der Waals surface area contributed by atoms with Crippen molar-refractivity contribution < 1.29 is 19.0 Å². The van der Waals surface area contributed by atoms with Crippen LogP contribution in [0.1, 0.15) is 34.3 Å². The van der Waals surface area contributed by atoms with Crippen LogP contribution in [-0.2, 0) is 27.4 Å². The number of benzene rings is 1. The van der Waals surface area contributed by atoms with Crippen molar-refractivity contribution in [3.63, 3.8) is 0 Å². The molecule has 3 aliphatic rings. The number of amides is 1. The zero-order valence-electron chi connectivity index (χ0n) is 12.8. The minimum atomic E-state index is -0.186. The summed E-state index contributed by atoms with van der Waals surface area (Å²) in [6.45, 7) is 3.32. The van der Waals surface area contributed by atoms with Gasteiger partial charge in [0, 0.05) is 25.7 Å². The number of fused-ring (bicyclic) bond motifs is 1. The number of carbonyl (C=O) groups excluding carboxylic acids is 1. The van der Waals surface area contributed by atoms with E-state index in [9.17, 15) is 4.79 Å². The number of hydrogen-bond donors (Lipinski definition) is 0. The van der Waals surface area contributed by atoms with Crippen molar-refractivity contribution in [2.45, 2.75) is 37.8 Å². The summed E-state index contributed by atoms with van der Waals surface area (Å²) in [5.74, 6) is 0.0865. The zero-order valence-corrected chi connectivity index (χ0v) is 12.8. The molecule has 4 rings (SSSR count). The van der Waals surface area contributed by atoms with Crippen LogP contribution in [0.5, 0.6) is 0 Å². The van der Waals surface area contributed by atoms with Gasteiger partial charge in [-0.2, -0.15) is 0 Å². The molecule has 118 valence electrons. The monoisotopic (exact) mass is 303 g/mol. The molecule has 1 spiro atoms. The molecule has 3 heterocycles. The van der Waals surface area contributed by atoms with Gasteiger partial charge in [-0.1, -0.05) is 6.07 Å². The van der Waals surface area contributed by atoms with Crippen molar-refractivity contribution in [3.05, 3.63) is 34.9 Å². The number of carbonyl (C=O) groups is 1. The molecule has 5 nitrogen and oxygen atoms in total. The summed E-state index contributed by atoms with van der Waals surface area (Å²) in [5, 5.41) is 0. The molecule has 0 radical (unpaired) electrons. The molecule has 1 unspecified atom stereocenters. The van der Waals surface area contributed by atoms with Gasteiger partial charge in [0.25, 0.3) is 5.91 Å². The summed E-state index contributed by atoms with van der Waals surface area (Å²) in [4.78, 5) is 14.5. The lowest BCUT2D eigenvalue weighted by atomic mass is 9.84. The van der Waals surface area contributed by atoms with Gasteiger partial charge in [-0.25, -0.2) is 0 Å². The van der Waals surface area contributed by atoms with E-state index in [0.717, 1.165) is 30.6 Å². The second-order valence-electron chi connectivity index (χ2n) is 6.52. The van der Waals surface area contributed by atoms with E-state index in [1.165, 1.54) is 5.56 Å². The molecule has 0 aliphatic carbocycles. The van der Waals surface area contributed by atoms with Gasteiger partial charge in [0.2, 0.25) is 0 Å². The smallest absolute Gasteiger partial charge is 0.254 e. The minimum absolute atomic E-state index is 0.0865. The molecular weight excluding hydrogens is 282 g/mol. The second-order valence-corrected chi connectivity index (χ2v) is 6.52. The Labute approximate surface area is 130 Å². The van der Waals surface area contributed by atoms with Gasteiger partial charge < -0.3 is 19.1 Å². The Kier molecular flexibility index (Phi) is 3.44. The summed E-state index contributed by atoms with van der Waals surface area (Å²) >= 11 is 0. The maximum absolute atomic E-state index is 12.6. The molecule has 0 saturated carbocycles. The van der Waals surface area contributed by atoms with Crippen LogP contribution in [0.15, 0.2) is 18.2 Å². The molecule has 5 heteroatoms. The number of ether oxygens (including phenoxy) is 3. The van der Waals surface area contributed by atoms with Gasteiger partial charge in [-0.15, -0.1) is 0 Å². The van der Waals surface area contributed by atoms with Crippen LogP contribution in [0.3, 0.4) is 0 Å². The van der Waals surface area contributed by atoms with Crippen molar-refractivity contribution in [3.8, 4) is 0 Å². The highest BCUT2D eigenvalue weighted by atomic mass is 16.5. The third-order valence-electron chi connectivity index (χ3n) is 4.99. The Morgan fingerprint density at radius 3 is 2.95 bits per heavy atom. The van der Waals surface area contributed by atoms with Crippen LogP contribution in [0.4, 0.5) is 0 Å². The van der Waals surface area contributed by atoms with Crippen LogP contribution < -0.4 is 0 Å². The molecule has 2 saturated heterocycles. The quantitative estimate of drug-likeness (QED) is 0.835. The largest absolute Gasteiger partial charge is 0.381 e. The standard InChI is InChI=1S/C17H21NO4/c1-20-15-4-5-22-17(7-15)10-18(11-17)16(19)12-2-3-13-8-21-9-14(13)6-12/h2-3,6,15H,4-5,7-11H2,1H3. The molecule has 1 amide bonds. The SMILES string of the molecule is COC1CCOC2(C1)CN(C(=O)c1ccc3c(c1)COC3)C2. The molecular formula is C17H21NO4. The highest BCUT2D eigenvalue weighted by Crippen LogP contribution is 2.36. The molecule has 1 atom stereocenters. The first-order valence-corrected chi connectivity index (χ1v) is 7.85. The maximum atomic E-state index is 12.6. The van der Waals surface area contributed by atoms with E-state index in [1.54, 1.807) is 7.11 Å². The van der Waals surface area contributed by atoms with Gasteiger partial charge in [-0.3, -0.25) is 4.79 Å².